The summed E-state index contributed by atoms with van der Waals surface area (Å²) < 4.78 is 24.5. The smallest absolute Gasteiger partial charge is 0.347 e. The highest BCUT2D eigenvalue weighted by atomic mass is 79.9. The molecule has 0 aliphatic heterocycles. The van der Waals surface area contributed by atoms with E-state index in [9.17, 15) is 9.18 Å². The molecule has 0 saturated carbocycles. The summed E-state index contributed by atoms with van der Waals surface area (Å²) in [4.78, 5) is 11.8. The molecule has 0 bridgehead atoms. The van der Waals surface area contributed by atoms with Crippen LogP contribution in [0.5, 0.6) is 5.75 Å². The molecule has 0 saturated heterocycles. The van der Waals surface area contributed by atoms with Crippen LogP contribution in [0, 0.1) is 5.82 Å². The maximum Gasteiger partial charge on any atom is 0.347 e. The maximum absolute atomic E-state index is 13.0. The number of hydrogen-bond acceptors (Lipinski definition) is 3. The minimum atomic E-state index is -0.736. The van der Waals surface area contributed by atoms with Crippen LogP contribution in [0.4, 0.5) is 4.39 Å². The van der Waals surface area contributed by atoms with Crippen LogP contribution in [0.15, 0.2) is 53.0 Å². The molecule has 5 heteroatoms. The van der Waals surface area contributed by atoms with Crippen molar-refractivity contribution >= 4 is 21.9 Å². The fourth-order valence-corrected chi connectivity index (χ4v) is 1.93. The van der Waals surface area contributed by atoms with Gasteiger partial charge in [-0.05, 0) is 48.9 Å². The Morgan fingerprint density at radius 1 is 1.24 bits per heavy atom. The molecule has 110 valence electrons. The Hall–Kier alpha value is -1.88. The zero-order valence-electron chi connectivity index (χ0n) is 11.4. The Bertz CT molecular complexity index is 613. The number of carbonyl (C=O) groups is 1. The van der Waals surface area contributed by atoms with E-state index in [0.717, 1.165) is 4.47 Å². The zero-order chi connectivity index (χ0) is 15.2. The average Bonchev–Trinajstić information content (AvgIpc) is 2.47. The molecule has 3 nitrogen and oxygen atoms in total. The Balaban J connectivity index is 1.86. The van der Waals surface area contributed by atoms with E-state index in [1.54, 1.807) is 31.2 Å². The molecule has 2 rings (SSSR count). The van der Waals surface area contributed by atoms with Gasteiger partial charge in [-0.15, -0.1) is 0 Å². The summed E-state index contributed by atoms with van der Waals surface area (Å²) in [5.41, 5.74) is 0.596. The van der Waals surface area contributed by atoms with Gasteiger partial charge in [-0.2, -0.15) is 0 Å². The molecule has 0 radical (unpaired) electrons. The Labute approximate surface area is 130 Å². The van der Waals surface area contributed by atoms with E-state index in [1.165, 1.54) is 12.1 Å². The van der Waals surface area contributed by atoms with Crippen LogP contribution in [0.25, 0.3) is 0 Å². The number of carbonyl (C=O) groups excluding carboxylic acids is 1. The first-order valence-electron chi connectivity index (χ1n) is 6.38. The van der Waals surface area contributed by atoms with Gasteiger partial charge in [0.2, 0.25) is 0 Å². The fraction of sp³-hybridized carbons (Fsp3) is 0.188. The molecule has 2 aromatic carbocycles. The predicted octanol–water partition coefficient (Wildman–Crippen LogP) is 4.10. The molecule has 0 heterocycles. The van der Waals surface area contributed by atoms with Crippen LogP contribution in [0.2, 0.25) is 0 Å². The predicted molar refractivity (Wildman–Crippen MR) is 80.4 cm³/mol. The van der Waals surface area contributed by atoms with E-state index in [2.05, 4.69) is 15.9 Å². The average molecular weight is 353 g/mol. The van der Waals surface area contributed by atoms with Crippen molar-refractivity contribution in [2.75, 3.05) is 0 Å². The van der Waals surface area contributed by atoms with Crippen LogP contribution < -0.4 is 4.74 Å². The van der Waals surface area contributed by atoms with Gasteiger partial charge in [-0.1, -0.05) is 28.1 Å². The molecule has 0 fully saturated rings. The van der Waals surface area contributed by atoms with Crippen molar-refractivity contribution in [3.8, 4) is 5.75 Å². The lowest BCUT2D eigenvalue weighted by atomic mass is 10.2. The van der Waals surface area contributed by atoms with Gasteiger partial charge in [0.25, 0.3) is 0 Å². The number of benzene rings is 2. The van der Waals surface area contributed by atoms with Gasteiger partial charge in [-0.3, -0.25) is 0 Å². The Kier molecular flexibility index (Phi) is 5.33. The van der Waals surface area contributed by atoms with Crippen LogP contribution >= 0.6 is 15.9 Å². The summed E-state index contributed by atoms with van der Waals surface area (Å²) in [6, 6.07) is 13.1. The van der Waals surface area contributed by atoms with Crippen molar-refractivity contribution < 1.29 is 18.7 Å². The highest BCUT2D eigenvalue weighted by Crippen LogP contribution is 2.17. The lowest BCUT2D eigenvalue weighted by Crippen LogP contribution is -2.26. The highest BCUT2D eigenvalue weighted by Gasteiger charge is 2.16. The summed E-state index contributed by atoms with van der Waals surface area (Å²) in [5, 5.41) is 0. The van der Waals surface area contributed by atoms with E-state index >= 15 is 0 Å². The first-order valence-corrected chi connectivity index (χ1v) is 7.17. The molecule has 1 atom stereocenters. The molecule has 0 aliphatic carbocycles. The highest BCUT2D eigenvalue weighted by molar-refractivity contribution is 9.10. The van der Waals surface area contributed by atoms with Crippen molar-refractivity contribution in [2.24, 2.45) is 0 Å². The molecule has 0 N–H and O–H groups in total. The second kappa shape index (κ2) is 7.22. The summed E-state index contributed by atoms with van der Waals surface area (Å²) >= 11 is 3.32. The third-order valence-corrected chi connectivity index (χ3v) is 3.26. The minimum Gasteiger partial charge on any atom is -0.479 e. The quantitative estimate of drug-likeness (QED) is 0.760. The zero-order valence-corrected chi connectivity index (χ0v) is 13.0. The molecule has 0 aromatic heterocycles. The molecule has 0 spiro atoms. The molecule has 2 aromatic rings. The second-order valence-corrected chi connectivity index (χ2v) is 5.37. The van der Waals surface area contributed by atoms with E-state index in [-0.39, 0.29) is 12.4 Å². The van der Waals surface area contributed by atoms with Crippen molar-refractivity contribution in [3.05, 3.63) is 64.4 Å². The van der Waals surface area contributed by atoms with Crippen molar-refractivity contribution in [3.63, 3.8) is 0 Å². The lowest BCUT2D eigenvalue weighted by Gasteiger charge is -2.14. The molecule has 1 unspecified atom stereocenters. The lowest BCUT2D eigenvalue weighted by molar-refractivity contribution is -0.152. The van der Waals surface area contributed by atoms with Gasteiger partial charge in [0.15, 0.2) is 6.10 Å². The van der Waals surface area contributed by atoms with E-state index in [1.807, 2.05) is 12.1 Å². The summed E-state index contributed by atoms with van der Waals surface area (Å²) in [6.07, 6.45) is -0.736. The van der Waals surface area contributed by atoms with Gasteiger partial charge in [0, 0.05) is 4.47 Å². The number of ether oxygens (including phenoxy) is 2. The standard InChI is InChI=1S/C16H14BrFO3/c1-11(21-15-7-5-13(17)6-8-15)16(19)20-10-12-3-2-4-14(18)9-12/h2-9,11H,10H2,1H3. The van der Waals surface area contributed by atoms with Crippen molar-refractivity contribution in [1.29, 1.82) is 0 Å². The number of hydrogen-bond donors (Lipinski definition) is 0. The van der Waals surface area contributed by atoms with Gasteiger partial charge in [0.05, 0.1) is 0 Å². The van der Waals surface area contributed by atoms with E-state index in [0.29, 0.717) is 11.3 Å². The summed E-state index contributed by atoms with van der Waals surface area (Å²) in [6.45, 7) is 1.63. The maximum atomic E-state index is 13.0. The Morgan fingerprint density at radius 3 is 2.62 bits per heavy atom. The van der Waals surface area contributed by atoms with Crippen LogP contribution in [-0.4, -0.2) is 12.1 Å². The fourth-order valence-electron chi connectivity index (χ4n) is 1.66. The monoisotopic (exact) mass is 352 g/mol. The van der Waals surface area contributed by atoms with Crippen LogP contribution in [0.3, 0.4) is 0 Å². The van der Waals surface area contributed by atoms with Crippen molar-refractivity contribution in [1.82, 2.24) is 0 Å². The molecule has 0 aliphatic rings. The molecular formula is C16H14BrFO3. The first kappa shape index (κ1) is 15.5. The normalized spacial score (nSPS) is 11.8. The third kappa shape index (κ3) is 4.86. The van der Waals surface area contributed by atoms with Gasteiger partial charge >= 0.3 is 5.97 Å². The number of rotatable bonds is 5. The summed E-state index contributed by atoms with van der Waals surface area (Å²) in [7, 11) is 0. The van der Waals surface area contributed by atoms with Crippen LogP contribution in [-0.2, 0) is 16.1 Å². The largest absolute Gasteiger partial charge is 0.479 e. The SMILES string of the molecule is CC(Oc1ccc(Br)cc1)C(=O)OCc1cccc(F)c1. The Morgan fingerprint density at radius 2 is 1.95 bits per heavy atom. The minimum absolute atomic E-state index is 0.0185. The van der Waals surface area contributed by atoms with Crippen molar-refractivity contribution in [2.45, 2.75) is 19.6 Å². The van der Waals surface area contributed by atoms with E-state index in [4.69, 9.17) is 9.47 Å². The number of esters is 1. The third-order valence-electron chi connectivity index (χ3n) is 2.73. The summed E-state index contributed by atoms with van der Waals surface area (Å²) in [5.74, 6) is -0.279. The van der Waals surface area contributed by atoms with Gasteiger partial charge < -0.3 is 9.47 Å². The van der Waals surface area contributed by atoms with E-state index < -0.39 is 12.1 Å². The van der Waals surface area contributed by atoms with Gasteiger partial charge in [0.1, 0.15) is 18.2 Å². The van der Waals surface area contributed by atoms with Gasteiger partial charge in [-0.25, -0.2) is 9.18 Å². The van der Waals surface area contributed by atoms with Crippen LogP contribution in [0.1, 0.15) is 12.5 Å². The molecule has 21 heavy (non-hydrogen) atoms. The second-order valence-electron chi connectivity index (χ2n) is 4.45. The topological polar surface area (TPSA) is 35.5 Å². The molecule has 0 amide bonds. The number of halogens is 2. The first-order chi connectivity index (χ1) is 10.0. The molecular weight excluding hydrogens is 339 g/mol.